The summed E-state index contributed by atoms with van der Waals surface area (Å²) in [5, 5.41) is 3.78. The molecule has 1 saturated carbocycles. The van der Waals surface area contributed by atoms with E-state index < -0.39 is 49.9 Å². The highest BCUT2D eigenvalue weighted by atomic mass is 31.2. The molecule has 0 spiro atoms. The molecule has 0 bridgehead atoms. The molecule has 6 aromatic carbocycles. The van der Waals surface area contributed by atoms with Crippen LogP contribution in [0, 0.1) is 39.5 Å². The smallest absolute Gasteiger partial charge is 0.310 e. The van der Waals surface area contributed by atoms with Crippen LogP contribution < -0.4 is 31.8 Å². The van der Waals surface area contributed by atoms with Crippen molar-refractivity contribution in [1.82, 2.24) is 0 Å². The van der Waals surface area contributed by atoms with Crippen molar-refractivity contribution in [2.24, 2.45) is 11.8 Å². The van der Waals surface area contributed by atoms with Gasteiger partial charge in [0.1, 0.15) is 0 Å². The van der Waals surface area contributed by atoms with Gasteiger partial charge in [-0.25, -0.2) is 0 Å². The zero-order valence-electron chi connectivity index (χ0n) is 33.9. The van der Waals surface area contributed by atoms with Crippen LogP contribution in [0.4, 0.5) is 0 Å². The summed E-state index contributed by atoms with van der Waals surface area (Å²) < 4.78 is 44.0. The Morgan fingerprint density at radius 3 is 0.948 bits per heavy atom. The predicted molar refractivity (Wildman–Crippen MR) is 236 cm³/mol. The monoisotopic (exact) mass is 808 g/mol. The molecule has 0 heterocycles. The fourth-order valence-electron chi connectivity index (χ4n) is 8.57. The number of esters is 2. The maximum absolute atomic E-state index is 16.3. The molecule has 0 aromatic heterocycles. The Hall–Kier alpha value is -5.28. The van der Waals surface area contributed by atoms with Crippen LogP contribution in [0.1, 0.15) is 59.1 Å². The van der Waals surface area contributed by atoms with Gasteiger partial charge in [0.2, 0.25) is 0 Å². The van der Waals surface area contributed by atoms with Crippen molar-refractivity contribution < 1.29 is 28.2 Å². The molecular formula is C50H50O6P2. The Morgan fingerprint density at radius 1 is 0.431 bits per heavy atom. The van der Waals surface area contributed by atoms with Crippen LogP contribution in [0.15, 0.2) is 146 Å². The first-order chi connectivity index (χ1) is 27.9. The van der Waals surface area contributed by atoms with Crippen LogP contribution in [-0.2, 0) is 28.2 Å². The molecule has 0 amide bonds. The maximum Gasteiger partial charge on any atom is 0.310 e. The Labute approximate surface area is 342 Å². The van der Waals surface area contributed by atoms with Crippen molar-refractivity contribution in [2.45, 2.75) is 53.4 Å². The van der Waals surface area contributed by atoms with E-state index in [2.05, 4.69) is 0 Å². The number of carbonyl (C=O) groups excluding carboxylic acids is 2. The molecule has 0 radical (unpaired) electrons. The third-order valence-electron chi connectivity index (χ3n) is 11.5. The molecule has 1 aliphatic carbocycles. The molecule has 0 saturated heterocycles. The molecular weight excluding hydrogens is 758 g/mol. The van der Waals surface area contributed by atoms with Gasteiger partial charge in [-0.3, -0.25) is 9.59 Å². The van der Waals surface area contributed by atoms with Gasteiger partial charge in [0.15, 0.2) is 14.3 Å². The normalized spacial score (nSPS) is 17.9. The van der Waals surface area contributed by atoms with Gasteiger partial charge in [-0.05, 0) is 52.7 Å². The third-order valence-corrected chi connectivity index (χ3v) is 17.8. The lowest BCUT2D eigenvalue weighted by Crippen LogP contribution is -2.54. The number of rotatable bonds is 12. The van der Waals surface area contributed by atoms with Gasteiger partial charge in [-0.2, -0.15) is 0 Å². The van der Waals surface area contributed by atoms with Gasteiger partial charge in [0.25, 0.3) is 0 Å². The lowest BCUT2D eigenvalue weighted by molar-refractivity contribution is -0.171. The summed E-state index contributed by atoms with van der Waals surface area (Å²) in [6.07, 6.45) is 0. The first kappa shape index (κ1) is 40.9. The quantitative estimate of drug-likeness (QED) is 0.0912. The van der Waals surface area contributed by atoms with E-state index in [1.54, 1.807) is 13.8 Å². The van der Waals surface area contributed by atoms with E-state index in [-0.39, 0.29) is 13.2 Å². The Bertz CT molecular complexity index is 2250. The highest BCUT2D eigenvalue weighted by Gasteiger charge is 2.61. The summed E-state index contributed by atoms with van der Waals surface area (Å²) in [5.74, 6) is -4.40. The summed E-state index contributed by atoms with van der Waals surface area (Å²) >= 11 is 0. The number of ether oxygens (including phenoxy) is 2. The third kappa shape index (κ3) is 7.34. The highest BCUT2D eigenvalue weighted by molar-refractivity contribution is 7.85. The number of benzene rings is 6. The second-order valence-electron chi connectivity index (χ2n) is 15.3. The number of hydrogen-bond acceptors (Lipinski definition) is 6. The molecule has 7 rings (SSSR count). The Morgan fingerprint density at radius 2 is 0.690 bits per heavy atom. The minimum atomic E-state index is -3.61. The molecule has 1 aliphatic rings. The predicted octanol–water partition coefficient (Wildman–Crippen LogP) is 8.44. The van der Waals surface area contributed by atoms with Crippen LogP contribution in [-0.4, -0.2) is 25.2 Å². The molecule has 0 aliphatic heterocycles. The average Bonchev–Trinajstić information content (AvgIpc) is 3.21. The van der Waals surface area contributed by atoms with Crippen LogP contribution in [0.2, 0.25) is 0 Å². The van der Waals surface area contributed by atoms with Gasteiger partial charge < -0.3 is 18.6 Å². The molecule has 6 aromatic rings. The van der Waals surface area contributed by atoms with E-state index in [0.29, 0.717) is 43.0 Å². The van der Waals surface area contributed by atoms with Crippen molar-refractivity contribution in [2.75, 3.05) is 13.2 Å². The first-order valence-electron chi connectivity index (χ1n) is 19.9. The van der Waals surface area contributed by atoms with Crippen LogP contribution in [0.3, 0.4) is 0 Å². The molecule has 8 heteroatoms. The first-order valence-corrected chi connectivity index (χ1v) is 23.4. The summed E-state index contributed by atoms with van der Waals surface area (Å²) in [6.45, 7) is 11.7. The Balaban J connectivity index is 1.53. The standard InChI is InChI=1S/C50H50O6P2/c1-7-55-49(51)47-45(41-13-9-11-15-43(41)57(53,37-25-17-33(3)18-26-37)38-27-19-34(4)20-28-38)46(48(47)50(52)56-8-2)42-14-10-12-16-44(42)58(54,39-29-21-35(5)22-30-39)40-31-23-36(6)24-32-40/h9-32,45-48H,7-8H2,1-6H3/t45-,46-,47-,48-/m1/s1. The van der Waals surface area contributed by atoms with Gasteiger partial charge in [-0.1, -0.05) is 168 Å². The van der Waals surface area contributed by atoms with Crippen LogP contribution in [0.25, 0.3) is 0 Å². The largest absolute Gasteiger partial charge is 0.466 e. The highest BCUT2D eigenvalue weighted by Crippen LogP contribution is 2.61. The molecule has 4 atom stereocenters. The number of carbonyl (C=O) groups is 2. The molecule has 6 nitrogen and oxygen atoms in total. The summed E-state index contributed by atoms with van der Waals surface area (Å²) in [7, 11) is -7.21. The molecule has 0 unspecified atom stereocenters. The second kappa shape index (κ2) is 16.9. The lowest BCUT2D eigenvalue weighted by Gasteiger charge is -2.51. The van der Waals surface area contributed by atoms with Crippen LogP contribution in [0.5, 0.6) is 0 Å². The van der Waals surface area contributed by atoms with Crippen LogP contribution >= 0.6 is 14.3 Å². The SMILES string of the molecule is CCOC(=O)[C@H]1[C@H](C(=O)OCC)[C@H](c2ccccc2P(=O)(c2ccc(C)cc2)c2ccc(C)cc2)[C@H]1c1ccccc1P(=O)(c1ccc(C)cc1)c1ccc(C)cc1. The van der Waals surface area contributed by atoms with Crippen molar-refractivity contribution in [3.63, 3.8) is 0 Å². The van der Waals surface area contributed by atoms with E-state index in [4.69, 9.17) is 9.47 Å². The van der Waals surface area contributed by atoms with E-state index in [1.165, 1.54) is 0 Å². The van der Waals surface area contributed by atoms with Crippen molar-refractivity contribution in [1.29, 1.82) is 0 Å². The summed E-state index contributed by atoms with van der Waals surface area (Å²) in [4.78, 5) is 28.6. The van der Waals surface area contributed by atoms with Gasteiger partial charge in [0.05, 0.1) is 25.0 Å². The van der Waals surface area contributed by atoms with E-state index in [9.17, 15) is 9.59 Å². The zero-order chi connectivity index (χ0) is 41.2. The summed E-state index contributed by atoms with van der Waals surface area (Å²) in [6, 6.07) is 46.3. The fourth-order valence-corrected chi connectivity index (χ4v) is 14.3. The molecule has 296 valence electrons. The van der Waals surface area contributed by atoms with E-state index in [0.717, 1.165) is 22.3 Å². The van der Waals surface area contributed by atoms with Crippen molar-refractivity contribution >= 4 is 58.0 Å². The maximum atomic E-state index is 16.3. The van der Waals surface area contributed by atoms with E-state index in [1.807, 2.05) is 173 Å². The lowest BCUT2D eigenvalue weighted by atomic mass is 9.52. The van der Waals surface area contributed by atoms with Gasteiger partial charge in [0, 0.05) is 43.7 Å². The second-order valence-corrected chi connectivity index (χ2v) is 20.8. The molecule has 58 heavy (non-hydrogen) atoms. The zero-order valence-corrected chi connectivity index (χ0v) is 35.7. The minimum absolute atomic E-state index is 0.113. The van der Waals surface area contributed by atoms with E-state index >= 15 is 9.13 Å². The molecule has 1 fully saturated rings. The number of aryl methyl sites for hydroxylation is 4. The van der Waals surface area contributed by atoms with Gasteiger partial charge >= 0.3 is 11.9 Å². The topological polar surface area (TPSA) is 86.7 Å². The van der Waals surface area contributed by atoms with Gasteiger partial charge in [-0.15, -0.1) is 0 Å². The minimum Gasteiger partial charge on any atom is -0.466 e. The van der Waals surface area contributed by atoms with Crippen molar-refractivity contribution in [3.8, 4) is 0 Å². The van der Waals surface area contributed by atoms with Crippen molar-refractivity contribution in [3.05, 3.63) is 179 Å². The average molecular weight is 809 g/mol. The Kier molecular flexibility index (Phi) is 11.9. The number of hydrogen-bond donors (Lipinski definition) is 0. The summed E-state index contributed by atoms with van der Waals surface area (Å²) in [5.41, 5.74) is 5.49. The fraction of sp³-hybridized carbons (Fsp3) is 0.240. The molecule has 0 N–H and O–H groups in total.